The number of ether oxygens (including phenoxy) is 4. The molecule has 8 aromatic rings. The summed E-state index contributed by atoms with van der Waals surface area (Å²) in [6, 6.07) is 31.3. The molecular formula is C83H97Cl9F4N8O8. The highest BCUT2D eigenvalue weighted by Crippen LogP contribution is 2.40. The Labute approximate surface area is 700 Å². The number of hydrogen-bond acceptors (Lipinski definition) is 12. The Kier molecular flexibility index (Phi) is 37.7. The van der Waals surface area contributed by atoms with E-state index in [1.54, 1.807) is 78.9 Å². The minimum absolute atomic E-state index is 0.0647. The van der Waals surface area contributed by atoms with E-state index in [1.165, 1.54) is 36.4 Å². The molecule has 16 nitrogen and oxygen atoms in total. The smallest absolute Gasteiger partial charge is 0.226 e. The molecular weight excluding hydrogens is 1630 g/mol. The average molecular weight is 1730 g/mol. The third-order valence-corrected chi connectivity index (χ3v) is 19.0. The van der Waals surface area contributed by atoms with E-state index in [9.17, 15) is 36.7 Å². The maximum absolute atomic E-state index is 14.2. The van der Waals surface area contributed by atoms with E-state index < -0.39 is 23.3 Å². The van der Waals surface area contributed by atoms with Crippen LogP contribution in [0.3, 0.4) is 0 Å². The zero-order valence-corrected chi connectivity index (χ0v) is 72.2. The van der Waals surface area contributed by atoms with Gasteiger partial charge in [-0.1, -0.05) is 132 Å². The number of aryl methyl sites for hydroxylation is 2. The van der Waals surface area contributed by atoms with Crippen LogP contribution in [-0.4, -0.2) is 73.0 Å². The van der Waals surface area contributed by atoms with E-state index in [0.29, 0.717) is 90.7 Å². The van der Waals surface area contributed by atoms with Gasteiger partial charge in [-0.3, -0.25) is 19.2 Å². The molecule has 0 aliphatic heterocycles. The molecule has 0 aromatic heterocycles. The summed E-state index contributed by atoms with van der Waals surface area (Å²) in [5.41, 5.74) is 7.29. The second-order valence-electron chi connectivity index (χ2n) is 29.3. The first-order valence-electron chi connectivity index (χ1n) is 35.6. The first kappa shape index (κ1) is 95.6. The summed E-state index contributed by atoms with van der Waals surface area (Å²) in [7, 11) is 0. The minimum Gasteiger partial charge on any atom is -0.356 e. The van der Waals surface area contributed by atoms with E-state index in [4.69, 9.17) is 123 Å². The number of hydrogen-bond donors (Lipinski definition) is 8. The summed E-state index contributed by atoms with van der Waals surface area (Å²) in [6.07, 6.45) is 1.21. The van der Waals surface area contributed by atoms with Gasteiger partial charge in [0.2, 0.25) is 23.6 Å². The molecule has 8 rings (SSSR count). The van der Waals surface area contributed by atoms with Gasteiger partial charge in [-0.15, -0.1) is 0 Å². The fourth-order valence-electron chi connectivity index (χ4n) is 9.73. The normalized spacial score (nSPS) is 11.4. The van der Waals surface area contributed by atoms with Crippen molar-refractivity contribution in [1.82, 2.24) is 21.3 Å². The van der Waals surface area contributed by atoms with E-state index in [2.05, 4.69) is 42.5 Å². The molecule has 0 atom stereocenters. The van der Waals surface area contributed by atoms with Gasteiger partial charge in [0.15, 0.2) is 0 Å². The van der Waals surface area contributed by atoms with Crippen LogP contribution in [0.15, 0.2) is 121 Å². The predicted octanol–water partition coefficient (Wildman–Crippen LogP) is 24.4. The van der Waals surface area contributed by atoms with Crippen molar-refractivity contribution in [2.45, 2.75) is 178 Å². The summed E-state index contributed by atoms with van der Waals surface area (Å²) < 4.78 is 78.7. The van der Waals surface area contributed by atoms with Gasteiger partial charge >= 0.3 is 0 Å². The van der Waals surface area contributed by atoms with E-state index in [-0.39, 0.29) is 127 Å². The molecule has 0 radical (unpaired) electrons. The number of nitrogens with one attached hydrogen (secondary N) is 8. The standard InChI is InChI=1S/C22H27Cl2FN2O2.C21H25Cl2FN2O2.C20H22Cl3FN2O2.C20H23Cl2FN2O2/c1-13(2)17-10-15(23)11-18(24)21(17)27-16-6-7-19(25)14(8-16)9-20(28)26-12-29-22(3,4)5;1-5-21(3,4)28-12-25-19(27)10-14-9-16(6-7-18(14)24)26-20-13(2)8-15(22)11-17(20)23;1-4-20(2,3)28-11-25-18(27)8-12-7-14(5-6-17(12)24)26-19-15(22)9-13(21)10-16(19)23;1-12-7-14(21)10-16(22)19(12)25-15-5-6-17(23)13(8-15)9-18(26)24-11-27-20(2,3)4/h6-8,10-11,13,27H,9,12H2,1-5H3,(H,26,28);6-9,11,26H,5,10,12H2,1-4H3,(H,25,27);5-7,9-10,26H,4,8,11H2,1-3H3,(H,25,27);5-8,10,25H,9,11H2,1-4H3,(H,24,26). The third-order valence-electron chi connectivity index (χ3n) is 16.6. The topological polar surface area (TPSA) is 201 Å². The second kappa shape index (κ2) is 44.2. The molecule has 29 heteroatoms. The zero-order valence-electron chi connectivity index (χ0n) is 65.4. The van der Waals surface area contributed by atoms with Crippen LogP contribution in [0.4, 0.5) is 63.1 Å². The molecule has 608 valence electrons. The van der Waals surface area contributed by atoms with E-state index in [1.807, 2.05) is 117 Å². The van der Waals surface area contributed by atoms with Crippen LogP contribution in [0.5, 0.6) is 0 Å². The summed E-state index contributed by atoms with van der Waals surface area (Å²) >= 11 is 55.2. The molecule has 0 saturated carbocycles. The molecule has 0 fully saturated rings. The van der Waals surface area contributed by atoms with E-state index in [0.717, 1.165) is 29.5 Å². The van der Waals surface area contributed by atoms with Crippen molar-refractivity contribution in [3.05, 3.63) is 229 Å². The second-order valence-corrected chi connectivity index (χ2v) is 33.1. The largest absolute Gasteiger partial charge is 0.356 e. The van der Waals surface area contributed by atoms with Crippen molar-refractivity contribution in [1.29, 1.82) is 0 Å². The fourth-order valence-corrected chi connectivity index (χ4v) is 12.5. The Morgan fingerprint density at radius 2 is 0.589 bits per heavy atom. The molecule has 112 heavy (non-hydrogen) atoms. The van der Waals surface area contributed by atoms with Gasteiger partial charge in [0.25, 0.3) is 0 Å². The van der Waals surface area contributed by atoms with Crippen LogP contribution in [0, 0.1) is 37.1 Å². The number of halogens is 13. The number of carbonyl (C=O) groups excluding carboxylic acids is 4. The van der Waals surface area contributed by atoms with Crippen LogP contribution in [0.25, 0.3) is 0 Å². The molecule has 0 heterocycles. The molecule has 0 aliphatic carbocycles. The van der Waals surface area contributed by atoms with Gasteiger partial charge < -0.3 is 61.5 Å². The van der Waals surface area contributed by atoms with Crippen LogP contribution in [0.1, 0.15) is 155 Å². The predicted molar refractivity (Wildman–Crippen MR) is 453 cm³/mol. The molecule has 4 amide bonds. The fraction of sp³-hybridized carbons (Fsp3) is 0.373. The summed E-state index contributed by atoms with van der Waals surface area (Å²) in [6.45, 7) is 31.2. The molecule has 0 bridgehead atoms. The molecule has 8 aromatic carbocycles. The highest BCUT2D eigenvalue weighted by atomic mass is 35.5. The van der Waals surface area contributed by atoms with Gasteiger partial charge in [0, 0.05) is 42.8 Å². The minimum atomic E-state index is -0.483. The molecule has 0 saturated heterocycles. The van der Waals surface area contributed by atoms with Gasteiger partial charge in [-0.05, 0) is 262 Å². The maximum Gasteiger partial charge on any atom is 0.226 e. The van der Waals surface area contributed by atoms with Crippen molar-refractivity contribution in [2.24, 2.45) is 0 Å². The van der Waals surface area contributed by atoms with E-state index >= 15 is 0 Å². The zero-order chi connectivity index (χ0) is 83.8. The first-order chi connectivity index (χ1) is 52.2. The SMILES string of the molecule is CC(C)c1cc(Cl)cc(Cl)c1Nc1ccc(F)c(CC(=O)NCOC(C)(C)C)c1.CCC(C)(C)OCNC(=O)Cc1cc(Nc2c(C)cc(Cl)cc2Cl)ccc1F.CCC(C)(C)OCNC(=O)Cc1cc(Nc2c(Cl)cc(Cl)cc2Cl)ccc1F.Cc1cc(Cl)cc(Cl)c1Nc1ccc(F)c(CC(=O)NCOC(C)(C)C)c1. The summed E-state index contributed by atoms with van der Waals surface area (Å²) in [4.78, 5) is 48.5. The molecule has 0 aliphatic rings. The summed E-state index contributed by atoms with van der Waals surface area (Å²) in [5, 5.41) is 27.3. The van der Waals surface area contributed by atoms with Crippen LogP contribution >= 0.6 is 104 Å². The Morgan fingerprint density at radius 3 is 0.857 bits per heavy atom. The lowest BCUT2D eigenvalue weighted by molar-refractivity contribution is -0.125. The van der Waals surface area contributed by atoms with Crippen molar-refractivity contribution in [3.63, 3.8) is 0 Å². The number of anilines is 8. The number of carbonyl (C=O) groups is 4. The lowest BCUT2D eigenvalue weighted by Crippen LogP contribution is -2.34. The molecule has 0 unspecified atom stereocenters. The Hall–Kier alpha value is -6.99. The summed E-state index contributed by atoms with van der Waals surface area (Å²) in [5.74, 6) is -2.96. The number of benzene rings is 8. The number of rotatable bonds is 29. The van der Waals surface area contributed by atoms with Gasteiger partial charge in [-0.25, -0.2) is 17.6 Å². The van der Waals surface area contributed by atoms with Crippen LogP contribution in [0.2, 0.25) is 45.2 Å². The Balaban J connectivity index is 0.000000267. The lowest BCUT2D eigenvalue weighted by atomic mass is 10.0. The Bertz CT molecular complexity index is 4350. The Morgan fingerprint density at radius 1 is 0.348 bits per heavy atom. The maximum atomic E-state index is 14.2. The van der Waals surface area contributed by atoms with Crippen molar-refractivity contribution < 1.29 is 55.7 Å². The van der Waals surface area contributed by atoms with Crippen LogP contribution < -0.4 is 42.5 Å². The lowest BCUT2D eigenvalue weighted by Gasteiger charge is -2.23. The quantitative estimate of drug-likeness (QED) is 0.0163. The van der Waals surface area contributed by atoms with Gasteiger partial charge in [-0.2, -0.15) is 0 Å². The molecule has 0 spiro atoms. The van der Waals surface area contributed by atoms with Crippen molar-refractivity contribution >= 4 is 174 Å². The first-order valence-corrected chi connectivity index (χ1v) is 39.0. The highest BCUT2D eigenvalue weighted by Gasteiger charge is 2.22. The highest BCUT2D eigenvalue weighted by molar-refractivity contribution is 6.42. The third kappa shape index (κ3) is 33.5. The van der Waals surface area contributed by atoms with Crippen LogP contribution in [-0.2, 0) is 63.8 Å². The van der Waals surface area contributed by atoms with Gasteiger partial charge in [0.05, 0.1) is 96.0 Å². The van der Waals surface area contributed by atoms with Crippen molar-refractivity contribution in [3.8, 4) is 0 Å². The van der Waals surface area contributed by atoms with Crippen molar-refractivity contribution in [2.75, 3.05) is 48.2 Å². The number of amides is 4. The van der Waals surface area contributed by atoms with Gasteiger partial charge in [0.1, 0.15) is 50.2 Å². The monoisotopic (exact) mass is 1720 g/mol. The molecule has 8 N–H and O–H groups in total. The average Bonchev–Trinajstić information content (AvgIpc) is 0.854.